The first kappa shape index (κ1) is 19.9. The summed E-state index contributed by atoms with van der Waals surface area (Å²) in [4.78, 5) is 21.4. The number of rotatable bonds is 5. The number of carbonyl (C=O) groups is 1. The first-order valence-electron chi connectivity index (χ1n) is 10.2. The molecular weight excluding hydrogens is 378 g/mol. The molecule has 3 aromatic rings. The summed E-state index contributed by atoms with van der Waals surface area (Å²) in [6.07, 6.45) is 3.55. The average molecular weight is 406 g/mol. The summed E-state index contributed by atoms with van der Waals surface area (Å²) in [5.41, 5.74) is 3.53. The summed E-state index contributed by atoms with van der Waals surface area (Å²) in [5.74, 6) is 1.73. The number of piperidine rings is 1. The predicted molar refractivity (Wildman–Crippen MR) is 116 cm³/mol. The van der Waals surface area contributed by atoms with Crippen LogP contribution in [0.2, 0.25) is 0 Å². The molecule has 7 nitrogen and oxygen atoms in total. The Kier molecular flexibility index (Phi) is 5.70. The van der Waals surface area contributed by atoms with Crippen molar-refractivity contribution in [1.29, 1.82) is 0 Å². The molecule has 0 saturated carbocycles. The molecule has 3 heterocycles. The second kappa shape index (κ2) is 8.57. The van der Waals surface area contributed by atoms with Gasteiger partial charge in [0.05, 0.1) is 0 Å². The highest BCUT2D eigenvalue weighted by Crippen LogP contribution is 2.31. The van der Waals surface area contributed by atoms with Crippen molar-refractivity contribution in [2.75, 3.05) is 32.1 Å². The SMILES string of the molecule is Cc1cc(Oc2ccc(N(C)C)cc2)cc(C2CCCN(C(=O)c3ccn[nH]3)C2)n1. The molecule has 1 aromatic carbocycles. The molecule has 0 bridgehead atoms. The molecule has 0 radical (unpaired) electrons. The third-order valence-electron chi connectivity index (χ3n) is 5.39. The molecule has 1 atom stereocenters. The van der Waals surface area contributed by atoms with Gasteiger partial charge in [0, 0.05) is 68.5 Å². The number of nitrogens with one attached hydrogen (secondary N) is 1. The Balaban J connectivity index is 1.50. The Morgan fingerprint density at radius 2 is 1.97 bits per heavy atom. The maximum Gasteiger partial charge on any atom is 0.271 e. The third-order valence-corrected chi connectivity index (χ3v) is 5.39. The molecule has 1 saturated heterocycles. The number of pyridine rings is 1. The van der Waals surface area contributed by atoms with Crippen molar-refractivity contribution in [2.45, 2.75) is 25.7 Å². The van der Waals surface area contributed by atoms with Gasteiger partial charge in [-0.05, 0) is 50.1 Å². The average Bonchev–Trinajstić information content (AvgIpc) is 3.28. The molecule has 0 spiro atoms. The van der Waals surface area contributed by atoms with Gasteiger partial charge in [-0.3, -0.25) is 14.9 Å². The van der Waals surface area contributed by atoms with Crippen molar-refractivity contribution < 1.29 is 9.53 Å². The summed E-state index contributed by atoms with van der Waals surface area (Å²) < 4.78 is 6.11. The Morgan fingerprint density at radius 1 is 1.17 bits per heavy atom. The van der Waals surface area contributed by atoms with Crippen LogP contribution in [0.1, 0.15) is 40.6 Å². The minimum absolute atomic E-state index is 0.0118. The summed E-state index contributed by atoms with van der Waals surface area (Å²) in [6, 6.07) is 13.7. The number of aromatic amines is 1. The normalized spacial score (nSPS) is 16.4. The highest BCUT2D eigenvalue weighted by atomic mass is 16.5. The number of benzene rings is 1. The first-order valence-corrected chi connectivity index (χ1v) is 10.2. The predicted octanol–water partition coefficient (Wildman–Crippen LogP) is 3.99. The van der Waals surface area contributed by atoms with Crippen molar-refractivity contribution in [3.05, 3.63) is 65.7 Å². The van der Waals surface area contributed by atoms with Gasteiger partial charge in [0.2, 0.25) is 0 Å². The summed E-state index contributed by atoms with van der Waals surface area (Å²) >= 11 is 0. The summed E-state index contributed by atoms with van der Waals surface area (Å²) in [7, 11) is 4.03. The van der Waals surface area contributed by atoms with E-state index in [4.69, 9.17) is 9.72 Å². The summed E-state index contributed by atoms with van der Waals surface area (Å²) in [5, 5.41) is 6.65. The van der Waals surface area contributed by atoms with E-state index in [1.807, 2.05) is 62.3 Å². The molecule has 7 heteroatoms. The van der Waals surface area contributed by atoms with E-state index in [1.54, 1.807) is 12.3 Å². The quantitative estimate of drug-likeness (QED) is 0.695. The van der Waals surface area contributed by atoms with Crippen molar-refractivity contribution in [1.82, 2.24) is 20.1 Å². The second-order valence-corrected chi connectivity index (χ2v) is 7.92. The van der Waals surface area contributed by atoms with Crippen molar-refractivity contribution in [3.8, 4) is 11.5 Å². The zero-order valence-electron chi connectivity index (χ0n) is 17.6. The molecule has 1 fully saturated rings. The van der Waals surface area contributed by atoms with E-state index in [0.29, 0.717) is 12.2 Å². The number of amides is 1. The molecule has 0 aliphatic carbocycles. The lowest BCUT2D eigenvalue weighted by molar-refractivity contribution is 0.0700. The zero-order chi connectivity index (χ0) is 21.1. The molecule has 1 amide bonds. The van der Waals surface area contributed by atoms with Gasteiger partial charge in [0.15, 0.2) is 0 Å². The fraction of sp³-hybridized carbons (Fsp3) is 0.348. The van der Waals surface area contributed by atoms with Gasteiger partial charge in [-0.1, -0.05) is 0 Å². The van der Waals surface area contributed by atoms with Crippen molar-refractivity contribution >= 4 is 11.6 Å². The minimum Gasteiger partial charge on any atom is -0.457 e. The smallest absolute Gasteiger partial charge is 0.271 e. The number of carbonyl (C=O) groups excluding carboxylic acids is 1. The Bertz CT molecular complexity index is 999. The lowest BCUT2D eigenvalue weighted by Crippen LogP contribution is -2.39. The number of likely N-dealkylation sites (tertiary alicyclic amines) is 1. The van der Waals surface area contributed by atoms with Crippen LogP contribution in [0.15, 0.2) is 48.7 Å². The van der Waals surface area contributed by atoms with E-state index in [-0.39, 0.29) is 11.8 Å². The number of hydrogen-bond donors (Lipinski definition) is 1. The number of H-pyrrole nitrogens is 1. The van der Waals surface area contributed by atoms with Crippen LogP contribution >= 0.6 is 0 Å². The molecule has 1 aliphatic rings. The van der Waals surface area contributed by atoms with E-state index in [0.717, 1.165) is 48.0 Å². The molecule has 30 heavy (non-hydrogen) atoms. The first-order chi connectivity index (χ1) is 14.5. The topological polar surface area (TPSA) is 74.3 Å². The van der Waals surface area contributed by atoms with Crippen LogP contribution in [-0.4, -0.2) is 53.2 Å². The van der Waals surface area contributed by atoms with E-state index >= 15 is 0 Å². The molecule has 1 unspecified atom stereocenters. The fourth-order valence-electron chi connectivity index (χ4n) is 3.83. The highest BCUT2D eigenvalue weighted by molar-refractivity contribution is 5.92. The van der Waals surface area contributed by atoms with Crippen LogP contribution in [0.3, 0.4) is 0 Å². The fourth-order valence-corrected chi connectivity index (χ4v) is 3.83. The maximum absolute atomic E-state index is 12.7. The molecule has 156 valence electrons. The molecule has 1 aliphatic heterocycles. The number of nitrogens with zero attached hydrogens (tertiary/aromatic N) is 4. The number of aromatic nitrogens is 3. The van der Waals surface area contributed by atoms with Gasteiger partial charge in [-0.2, -0.15) is 5.10 Å². The Morgan fingerprint density at radius 3 is 2.67 bits per heavy atom. The van der Waals surface area contributed by atoms with Gasteiger partial charge < -0.3 is 14.5 Å². The molecular formula is C23H27N5O2. The highest BCUT2D eigenvalue weighted by Gasteiger charge is 2.27. The van der Waals surface area contributed by atoms with Gasteiger partial charge in [-0.25, -0.2) is 0 Å². The van der Waals surface area contributed by atoms with E-state index in [9.17, 15) is 4.79 Å². The van der Waals surface area contributed by atoms with E-state index in [2.05, 4.69) is 15.1 Å². The van der Waals surface area contributed by atoms with Crippen molar-refractivity contribution in [2.24, 2.45) is 0 Å². The largest absolute Gasteiger partial charge is 0.457 e. The van der Waals surface area contributed by atoms with Gasteiger partial charge in [0.1, 0.15) is 17.2 Å². The monoisotopic (exact) mass is 405 g/mol. The number of aryl methyl sites for hydroxylation is 1. The Labute approximate surface area is 176 Å². The van der Waals surface area contributed by atoms with E-state index in [1.165, 1.54) is 0 Å². The second-order valence-electron chi connectivity index (χ2n) is 7.92. The van der Waals surface area contributed by atoms with Crippen molar-refractivity contribution in [3.63, 3.8) is 0 Å². The number of ether oxygens (including phenoxy) is 1. The zero-order valence-corrected chi connectivity index (χ0v) is 17.6. The molecule has 4 rings (SSSR count). The number of hydrogen-bond acceptors (Lipinski definition) is 5. The lowest BCUT2D eigenvalue weighted by atomic mass is 9.93. The molecule has 1 N–H and O–H groups in total. The van der Waals surface area contributed by atoms with Gasteiger partial charge in [-0.15, -0.1) is 0 Å². The minimum atomic E-state index is -0.0118. The number of anilines is 1. The molecule has 2 aromatic heterocycles. The van der Waals surface area contributed by atoms with Crippen LogP contribution in [-0.2, 0) is 0 Å². The summed E-state index contributed by atoms with van der Waals surface area (Å²) in [6.45, 7) is 3.37. The van der Waals surface area contributed by atoms with E-state index < -0.39 is 0 Å². The lowest BCUT2D eigenvalue weighted by Gasteiger charge is -2.32. The van der Waals surface area contributed by atoms with Crippen LogP contribution < -0.4 is 9.64 Å². The standard InChI is InChI=1S/C23H27N5O2/c1-16-13-20(30-19-8-6-18(7-9-19)27(2)3)14-22(25-16)17-5-4-12-28(15-17)23(29)21-10-11-24-26-21/h6-11,13-14,17H,4-5,12,15H2,1-3H3,(H,24,26). The van der Waals surface area contributed by atoms with Crippen LogP contribution in [0.5, 0.6) is 11.5 Å². The van der Waals surface area contributed by atoms with Crippen LogP contribution in [0, 0.1) is 6.92 Å². The Hall–Kier alpha value is -3.35. The third kappa shape index (κ3) is 4.45. The van der Waals surface area contributed by atoms with Gasteiger partial charge >= 0.3 is 0 Å². The van der Waals surface area contributed by atoms with Crippen LogP contribution in [0.4, 0.5) is 5.69 Å². The van der Waals surface area contributed by atoms with Crippen LogP contribution in [0.25, 0.3) is 0 Å². The van der Waals surface area contributed by atoms with Gasteiger partial charge in [0.25, 0.3) is 5.91 Å². The maximum atomic E-state index is 12.7.